The second-order valence-electron chi connectivity index (χ2n) is 4.88. The smallest absolute Gasteiger partial charge is 0.224 e. The SMILES string of the molecule is NCc1ccccc1NC(=O)CC1CCS(=O)(=O)C1. The van der Waals surface area contributed by atoms with E-state index < -0.39 is 9.84 Å². The van der Waals surface area contributed by atoms with Crippen molar-refractivity contribution in [3.63, 3.8) is 0 Å². The summed E-state index contributed by atoms with van der Waals surface area (Å²) >= 11 is 0. The predicted molar refractivity (Wildman–Crippen MR) is 74.3 cm³/mol. The molecule has 1 aliphatic rings. The Morgan fingerprint density at radius 3 is 2.74 bits per heavy atom. The molecule has 3 N–H and O–H groups in total. The largest absolute Gasteiger partial charge is 0.326 e. The van der Waals surface area contributed by atoms with Crippen molar-refractivity contribution < 1.29 is 13.2 Å². The number of anilines is 1. The highest BCUT2D eigenvalue weighted by atomic mass is 32.2. The van der Waals surface area contributed by atoms with Gasteiger partial charge in [0.05, 0.1) is 11.5 Å². The first-order valence-corrected chi connectivity index (χ1v) is 8.10. The van der Waals surface area contributed by atoms with Crippen LogP contribution in [0.15, 0.2) is 24.3 Å². The van der Waals surface area contributed by atoms with Crippen LogP contribution in [0.25, 0.3) is 0 Å². The fourth-order valence-corrected chi connectivity index (χ4v) is 4.18. The van der Waals surface area contributed by atoms with Gasteiger partial charge in [-0.3, -0.25) is 4.79 Å². The van der Waals surface area contributed by atoms with Gasteiger partial charge in [0.1, 0.15) is 0 Å². The van der Waals surface area contributed by atoms with Gasteiger partial charge in [0.2, 0.25) is 5.91 Å². The number of carbonyl (C=O) groups excluding carboxylic acids is 1. The molecule has 19 heavy (non-hydrogen) atoms. The minimum Gasteiger partial charge on any atom is -0.326 e. The van der Waals surface area contributed by atoms with Crippen molar-refractivity contribution in [2.24, 2.45) is 11.7 Å². The van der Waals surface area contributed by atoms with Crippen molar-refractivity contribution in [3.05, 3.63) is 29.8 Å². The van der Waals surface area contributed by atoms with Gasteiger partial charge in [-0.25, -0.2) is 8.42 Å². The summed E-state index contributed by atoms with van der Waals surface area (Å²) in [6.07, 6.45) is 0.826. The van der Waals surface area contributed by atoms with E-state index in [0.717, 1.165) is 5.56 Å². The van der Waals surface area contributed by atoms with E-state index >= 15 is 0 Å². The molecule has 2 rings (SSSR count). The number of hydrogen-bond donors (Lipinski definition) is 2. The van der Waals surface area contributed by atoms with Crippen LogP contribution in [0.4, 0.5) is 5.69 Å². The third kappa shape index (κ3) is 3.78. The Balaban J connectivity index is 1.95. The molecule has 1 unspecified atom stereocenters. The molecule has 0 saturated carbocycles. The Kier molecular flexibility index (Phi) is 4.21. The molecule has 1 aliphatic heterocycles. The standard InChI is InChI=1S/C13H18N2O3S/c14-8-11-3-1-2-4-12(11)15-13(16)7-10-5-6-19(17,18)9-10/h1-4,10H,5-9,14H2,(H,15,16). The zero-order valence-electron chi connectivity index (χ0n) is 10.6. The second kappa shape index (κ2) is 5.71. The van der Waals surface area contributed by atoms with E-state index in [9.17, 15) is 13.2 Å². The highest BCUT2D eigenvalue weighted by molar-refractivity contribution is 7.91. The molecule has 1 heterocycles. The number of carbonyl (C=O) groups is 1. The van der Waals surface area contributed by atoms with Crippen molar-refractivity contribution in [1.82, 2.24) is 0 Å². The molecule has 1 aromatic rings. The van der Waals surface area contributed by atoms with Crippen molar-refractivity contribution in [1.29, 1.82) is 0 Å². The van der Waals surface area contributed by atoms with Gasteiger partial charge in [-0.05, 0) is 24.0 Å². The number of benzene rings is 1. The first-order valence-electron chi connectivity index (χ1n) is 6.28. The van der Waals surface area contributed by atoms with Gasteiger partial charge in [0.25, 0.3) is 0 Å². The summed E-state index contributed by atoms with van der Waals surface area (Å²) in [6, 6.07) is 7.34. The molecule has 6 heteroatoms. The quantitative estimate of drug-likeness (QED) is 0.859. The Morgan fingerprint density at radius 1 is 1.37 bits per heavy atom. The zero-order chi connectivity index (χ0) is 13.9. The van der Waals surface area contributed by atoms with Gasteiger partial charge in [0.15, 0.2) is 9.84 Å². The van der Waals surface area contributed by atoms with Gasteiger partial charge >= 0.3 is 0 Å². The molecule has 0 bridgehead atoms. The van der Waals surface area contributed by atoms with Gasteiger partial charge in [-0.1, -0.05) is 18.2 Å². The van der Waals surface area contributed by atoms with Crippen LogP contribution in [0.3, 0.4) is 0 Å². The normalized spacial score (nSPS) is 21.2. The van der Waals surface area contributed by atoms with E-state index in [1.54, 1.807) is 6.07 Å². The highest BCUT2D eigenvalue weighted by Gasteiger charge is 2.29. The molecule has 1 atom stereocenters. The summed E-state index contributed by atoms with van der Waals surface area (Å²) in [7, 11) is -2.93. The van der Waals surface area contributed by atoms with Gasteiger partial charge in [0, 0.05) is 18.7 Å². The average molecular weight is 282 g/mol. The van der Waals surface area contributed by atoms with Crippen LogP contribution in [-0.2, 0) is 21.2 Å². The van der Waals surface area contributed by atoms with Crippen LogP contribution >= 0.6 is 0 Å². The Hall–Kier alpha value is -1.40. The number of amides is 1. The van der Waals surface area contributed by atoms with Crippen LogP contribution in [0.1, 0.15) is 18.4 Å². The molecular formula is C13H18N2O3S. The number of sulfone groups is 1. The molecule has 1 amide bonds. The van der Waals surface area contributed by atoms with Crippen LogP contribution in [0.5, 0.6) is 0 Å². The molecule has 0 radical (unpaired) electrons. The lowest BCUT2D eigenvalue weighted by Crippen LogP contribution is -2.18. The fourth-order valence-electron chi connectivity index (χ4n) is 2.32. The van der Waals surface area contributed by atoms with Crippen molar-refractivity contribution in [2.75, 3.05) is 16.8 Å². The molecule has 0 aliphatic carbocycles. The number of nitrogens with one attached hydrogen (secondary N) is 1. The lowest BCUT2D eigenvalue weighted by Gasteiger charge is -2.11. The number of hydrogen-bond acceptors (Lipinski definition) is 4. The topological polar surface area (TPSA) is 89.3 Å². The van der Waals surface area contributed by atoms with Crippen molar-refractivity contribution >= 4 is 21.4 Å². The molecule has 1 aromatic carbocycles. The minimum atomic E-state index is -2.93. The molecule has 5 nitrogen and oxygen atoms in total. The molecule has 1 saturated heterocycles. The summed E-state index contributed by atoms with van der Waals surface area (Å²) < 4.78 is 22.7. The predicted octanol–water partition coefficient (Wildman–Crippen LogP) is 0.909. The van der Waals surface area contributed by atoms with E-state index in [1.165, 1.54) is 0 Å². The maximum absolute atomic E-state index is 11.9. The molecule has 0 aromatic heterocycles. The molecule has 1 fully saturated rings. The lowest BCUT2D eigenvalue weighted by atomic mass is 10.0. The van der Waals surface area contributed by atoms with Crippen LogP contribution in [0, 0.1) is 5.92 Å². The highest BCUT2D eigenvalue weighted by Crippen LogP contribution is 2.22. The van der Waals surface area contributed by atoms with Gasteiger partial charge in [-0.15, -0.1) is 0 Å². The summed E-state index contributed by atoms with van der Waals surface area (Å²) in [4.78, 5) is 11.9. The first-order chi connectivity index (χ1) is 9.00. The number of para-hydroxylation sites is 1. The lowest BCUT2D eigenvalue weighted by molar-refractivity contribution is -0.116. The van der Waals surface area contributed by atoms with E-state index in [0.29, 0.717) is 18.7 Å². The van der Waals surface area contributed by atoms with Crippen molar-refractivity contribution in [3.8, 4) is 0 Å². The molecule has 104 valence electrons. The Bertz CT molecular complexity index is 569. The third-order valence-corrected chi connectivity index (χ3v) is 5.15. The first kappa shape index (κ1) is 14.0. The maximum atomic E-state index is 11.9. The summed E-state index contributed by atoms with van der Waals surface area (Å²) in [5.41, 5.74) is 7.17. The zero-order valence-corrected chi connectivity index (χ0v) is 11.4. The number of nitrogens with two attached hydrogens (primary N) is 1. The number of rotatable bonds is 4. The Labute approximate surface area is 113 Å². The van der Waals surface area contributed by atoms with Crippen LogP contribution in [0.2, 0.25) is 0 Å². The van der Waals surface area contributed by atoms with E-state index in [2.05, 4.69) is 5.32 Å². The third-order valence-electron chi connectivity index (χ3n) is 3.31. The van der Waals surface area contributed by atoms with Gasteiger partial charge in [-0.2, -0.15) is 0 Å². The van der Waals surface area contributed by atoms with Crippen LogP contribution in [-0.4, -0.2) is 25.8 Å². The van der Waals surface area contributed by atoms with E-state index in [-0.39, 0.29) is 29.8 Å². The summed E-state index contributed by atoms with van der Waals surface area (Å²) in [5.74, 6) is 0.113. The van der Waals surface area contributed by atoms with Crippen molar-refractivity contribution in [2.45, 2.75) is 19.4 Å². The van der Waals surface area contributed by atoms with E-state index in [1.807, 2.05) is 18.2 Å². The molecular weight excluding hydrogens is 264 g/mol. The average Bonchev–Trinajstić information content (AvgIpc) is 2.69. The molecule has 0 spiro atoms. The summed E-state index contributed by atoms with van der Waals surface area (Å²) in [6.45, 7) is 0.355. The second-order valence-corrected chi connectivity index (χ2v) is 7.11. The fraction of sp³-hybridized carbons (Fsp3) is 0.462. The van der Waals surface area contributed by atoms with Gasteiger partial charge < -0.3 is 11.1 Å². The van der Waals surface area contributed by atoms with Crippen LogP contribution < -0.4 is 11.1 Å². The summed E-state index contributed by atoms with van der Waals surface area (Å²) in [5, 5.41) is 2.80. The Morgan fingerprint density at radius 2 is 2.11 bits per heavy atom. The monoisotopic (exact) mass is 282 g/mol. The van der Waals surface area contributed by atoms with E-state index in [4.69, 9.17) is 5.73 Å². The minimum absolute atomic E-state index is 0.0601. The maximum Gasteiger partial charge on any atom is 0.224 e.